The molecule has 0 saturated heterocycles. The number of carbonyl (C=O) groups excluding carboxylic acids is 1. The first-order valence-corrected chi connectivity index (χ1v) is 5.72. The van der Waals surface area contributed by atoms with Gasteiger partial charge in [-0.2, -0.15) is 0 Å². The molecule has 54 valence electrons. The van der Waals surface area contributed by atoms with Gasteiger partial charge in [0.15, 0.2) is 0 Å². The van der Waals surface area contributed by atoms with Gasteiger partial charge in [0.1, 0.15) is 0 Å². The van der Waals surface area contributed by atoms with Crippen LogP contribution in [-0.2, 0) is 4.79 Å². The molecule has 10 heavy (non-hydrogen) atoms. The van der Waals surface area contributed by atoms with Gasteiger partial charge in [0.2, 0.25) is 0 Å². The van der Waals surface area contributed by atoms with Gasteiger partial charge >= 0.3 is 66.8 Å². The van der Waals surface area contributed by atoms with Crippen molar-refractivity contribution >= 4 is 20.8 Å². The van der Waals surface area contributed by atoms with Crippen molar-refractivity contribution in [3.05, 3.63) is 0 Å². The zero-order valence-corrected chi connectivity index (χ0v) is 7.86. The molecular weight excluding hydrogens is 189 g/mol. The van der Waals surface area contributed by atoms with E-state index in [0.29, 0.717) is 0 Å². The van der Waals surface area contributed by atoms with Gasteiger partial charge in [0, 0.05) is 0 Å². The van der Waals surface area contributed by atoms with Gasteiger partial charge < -0.3 is 0 Å². The molecule has 0 aromatic heterocycles. The normalized spacial score (nSPS) is 23.1. The van der Waals surface area contributed by atoms with Crippen molar-refractivity contribution in [2.45, 2.75) is 29.9 Å². The summed E-state index contributed by atoms with van der Waals surface area (Å²) in [5.74, 6) is 0. The first-order valence-electron chi connectivity index (χ1n) is 3.46. The number of hydrogen-bond donors (Lipinski definition) is 0. The molecule has 2 nitrogen and oxygen atoms in total. The molecule has 0 amide bonds. The number of nitriles is 1. The van der Waals surface area contributed by atoms with Crippen LogP contribution in [0.15, 0.2) is 0 Å². The van der Waals surface area contributed by atoms with Crippen molar-refractivity contribution < 1.29 is 4.79 Å². The van der Waals surface area contributed by atoms with E-state index in [0.717, 1.165) is 30.8 Å². The third-order valence-corrected chi connectivity index (χ3v) is 4.70. The van der Waals surface area contributed by atoms with E-state index in [1.807, 2.05) is 0 Å². The first-order chi connectivity index (χ1) is 4.83. The van der Waals surface area contributed by atoms with Gasteiger partial charge in [0.05, 0.1) is 0 Å². The summed E-state index contributed by atoms with van der Waals surface area (Å²) < 4.78 is -0.151. The zero-order valence-electron chi connectivity index (χ0n) is 5.76. The van der Waals surface area contributed by atoms with E-state index in [9.17, 15) is 4.79 Å². The van der Waals surface area contributed by atoms with Crippen LogP contribution in [0.5, 0.6) is 0 Å². The molecule has 1 aliphatic rings. The van der Waals surface area contributed by atoms with Gasteiger partial charge in [-0.1, -0.05) is 0 Å². The van der Waals surface area contributed by atoms with E-state index in [4.69, 9.17) is 5.26 Å². The second-order valence-electron chi connectivity index (χ2n) is 2.66. The molecule has 0 spiro atoms. The first kappa shape index (κ1) is 7.82. The molecule has 0 aromatic rings. The van der Waals surface area contributed by atoms with Crippen LogP contribution in [0.2, 0.25) is 4.20 Å². The van der Waals surface area contributed by atoms with Crippen LogP contribution in [0.1, 0.15) is 25.7 Å². The Balaban J connectivity index is 2.59. The summed E-state index contributed by atoms with van der Waals surface area (Å²) >= 11 is -0.632. The van der Waals surface area contributed by atoms with Gasteiger partial charge in [-0.3, -0.25) is 0 Å². The van der Waals surface area contributed by atoms with E-state index >= 15 is 0 Å². The van der Waals surface area contributed by atoms with E-state index in [2.05, 4.69) is 6.07 Å². The molecule has 1 fully saturated rings. The Morgan fingerprint density at radius 3 is 2.50 bits per heavy atom. The van der Waals surface area contributed by atoms with Gasteiger partial charge in [0.25, 0.3) is 0 Å². The molecule has 1 saturated carbocycles. The Morgan fingerprint density at radius 1 is 1.50 bits per heavy atom. The Morgan fingerprint density at radius 2 is 2.10 bits per heavy atom. The third kappa shape index (κ3) is 1.41. The van der Waals surface area contributed by atoms with Crippen LogP contribution < -0.4 is 0 Å². The van der Waals surface area contributed by atoms with Crippen LogP contribution in [0.3, 0.4) is 0 Å². The predicted molar refractivity (Wildman–Crippen MR) is 40.7 cm³/mol. The summed E-state index contributed by atoms with van der Waals surface area (Å²) in [4.78, 5) is 10.2. The number of hydrogen-bond acceptors (Lipinski definition) is 2. The molecule has 1 atom stereocenters. The van der Waals surface area contributed by atoms with E-state index < -0.39 is 15.8 Å². The number of rotatable bonds is 2. The number of carbonyl (C=O) groups is 1. The molecule has 3 heteroatoms. The maximum absolute atomic E-state index is 10.2. The van der Waals surface area contributed by atoms with Crippen molar-refractivity contribution in [2.75, 3.05) is 0 Å². The van der Waals surface area contributed by atoms with Gasteiger partial charge in [-0.15, -0.1) is 0 Å². The summed E-state index contributed by atoms with van der Waals surface area (Å²) in [5.41, 5.74) is 0. The van der Waals surface area contributed by atoms with Crippen molar-refractivity contribution in [2.24, 2.45) is 0 Å². The SMILES string of the molecule is N#CC1([AsH]C=O)CCCC1. The van der Waals surface area contributed by atoms with Crippen molar-refractivity contribution in [3.63, 3.8) is 0 Å². The monoisotopic (exact) mass is 199 g/mol. The number of nitrogens with zero attached hydrogens (tertiary/aromatic N) is 1. The molecule has 0 radical (unpaired) electrons. The molecule has 0 aromatic carbocycles. The minimum absolute atomic E-state index is 0.151. The zero-order chi connectivity index (χ0) is 7.45. The molecule has 1 aliphatic carbocycles. The van der Waals surface area contributed by atoms with Crippen LogP contribution in [0.4, 0.5) is 0 Å². The standard InChI is InChI=1S/C7H10AsNO/c9-5-7(8-6-10)3-1-2-4-7/h6,8H,1-4H2. The minimum atomic E-state index is -0.632. The van der Waals surface area contributed by atoms with Gasteiger partial charge in [-0.05, 0) is 0 Å². The Kier molecular flexibility index (Phi) is 2.51. The summed E-state index contributed by atoms with van der Waals surface area (Å²) in [6, 6.07) is 2.30. The molecule has 1 unspecified atom stereocenters. The molecule has 0 bridgehead atoms. The molecule has 0 aliphatic heterocycles. The summed E-state index contributed by atoms with van der Waals surface area (Å²) in [5, 5.41) is 9.76. The molecular formula is C7H10AsNO. The fraction of sp³-hybridized carbons (Fsp3) is 0.714. The quantitative estimate of drug-likeness (QED) is 0.489. The van der Waals surface area contributed by atoms with E-state index in [1.165, 1.54) is 0 Å². The Hall–Kier alpha value is -0.282. The summed E-state index contributed by atoms with van der Waals surface area (Å²) in [7, 11) is 0. The Bertz CT molecular complexity index is 167. The van der Waals surface area contributed by atoms with Crippen LogP contribution in [0, 0.1) is 11.3 Å². The third-order valence-electron chi connectivity index (χ3n) is 2.01. The molecule has 0 heterocycles. The van der Waals surface area contributed by atoms with Crippen molar-refractivity contribution in [1.29, 1.82) is 5.26 Å². The molecule has 1 rings (SSSR count). The van der Waals surface area contributed by atoms with E-state index in [-0.39, 0.29) is 4.20 Å². The van der Waals surface area contributed by atoms with Gasteiger partial charge in [-0.25, -0.2) is 0 Å². The average Bonchev–Trinajstić information content (AvgIpc) is 2.39. The predicted octanol–water partition coefficient (Wildman–Crippen LogP) is 0.869. The van der Waals surface area contributed by atoms with Crippen LogP contribution in [0.25, 0.3) is 0 Å². The maximum atomic E-state index is 10.2. The summed E-state index contributed by atoms with van der Waals surface area (Å²) in [6.07, 6.45) is 4.24. The topological polar surface area (TPSA) is 40.9 Å². The van der Waals surface area contributed by atoms with Crippen LogP contribution in [-0.4, -0.2) is 20.8 Å². The summed E-state index contributed by atoms with van der Waals surface area (Å²) in [6.45, 7) is 0. The fourth-order valence-corrected chi connectivity index (χ4v) is 3.34. The second-order valence-corrected chi connectivity index (χ2v) is 5.77. The van der Waals surface area contributed by atoms with Crippen molar-refractivity contribution in [3.8, 4) is 6.07 Å². The van der Waals surface area contributed by atoms with Crippen LogP contribution >= 0.6 is 0 Å². The van der Waals surface area contributed by atoms with Crippen molar-refractivity contribution in [1.82, 2.24) is 0 Å². The Labute approximate surface area is 67.3 Å². The molecule has 0 N–H and O–H groups in total. The average molecular weight is 199 g/mol. The van der Waals surface area contributed by atoms with E-state index in [1.54, 1.807) is 0 Å². The fourth-order valence-electron chi connectivity index (χ4n) is 1.38. The second kappa shape index (κ2) is 3.21.